The largest absolute Gasteiger partial charge is 0.445 e. The second-order valence-corrected chi connectivity index (χ2v) is 6.46. The van der Waals surface area contributed by atoms with Crippen molar-refractivity contribution < 1.29 is 14.3 Å². The molecule has 1 saturated heterocycles. The first-order valence-corrected chi connectivity index (χ1v) is 8.98. The Balaban J connectivity index is 2.39. The van der Waals surface area contributed by atoms with Crippen molar-refractivity contribution in [3.63, 3.8) is 0 Å². The van der Waals surface area contributed by atoms with Crippen LogP contribution in [-0.4, -0.2) is 45.5 Å². The Morgan fingerprint density at radius 1 is 1.47 bits per heavy atom. The van der Waals surface area contributed by atoms with Gasteiger partial charge in [-0.25, -0.2) is 4.79 Å². The molecule has 0 aromatic heterocycles. The van der Waals surface area contributed by atoms with Crippen LogP contribution in [-0.2, 0) is 9.53 Å². The summed E-state index contributed by atoms with van der Waals surface area (Å²) in [5, 5.41) is 0.0986. The highest BCUT2D eigenvalue weighted by Gasteiger charge is 2.34. The van der Waals surface area contributed by atoms with Crippen LogP contribution in [0, 0.1) is 0 Å². The maximum atomic E-state index is 12.1. The molecule has 1 aliphatic heterocycles. The molecule has 1 amide bonds. The van der Waals surface area contributed by atoms with Crippen molar-refractivity contribution in [3.8, 4) is 0 Å². The maximum Gasteiger partial charge on any atom is 0.410 e. The Labute approximate surface area is 132 Å². The van der Waals surface area contributed by atoms with Crippen LogP contribution in [0.1, 0.15) is 25.7 Å². The summed E-state index contributed by atoms with van der Waals surface area (Å²) >= 11 is 3.68. The van der Waals surface area contributed by atoms with Gasteiger partial charge in [-0.2, -0.15) is 0 Å². The van der Waals surface area contributed by atoms with E-state index in [2.05, 4.69) is 29.2 Å². The lowest BCUT2D eigenvalue weighted by Crippen LogP contribution is -2.40. The summed E-state index contributed by atoms with van der Waals surface area (Å²) < 4.78 is 6.13. The van der Waals surface area contributed by atoms with Crippen LogP contribution in [0.4, 0.5) is 4.79 Å². The number of amides is 1. The van der Waals surface area contributed by atoms with Gasteiger partial charge < -0.3 is 4.74 Å². The molecule has 1 rings (SSSR count). The molecule has 1 atom stereocenters. The number of ether oxygens (including phenoxy) is 1. The fraction of sp³-hybridized carbons (Fsp3) is 0.692. The number of nitrogens with zero attached hydrogens (tertiary/aromatic N) is 1. The van der Waals surface area contributed by atoms with Crippen molar-refractivity contribution in [1.29, 1.82) is 0 Å². The molecule has 108 valence electrons. The number of rotatable bonds is 7. The van der Waals surface area contributed by atoms with Crippen molar-refractivity contribution >= 4 is 45.6 Å². The Hall–Kier alpha value is -0.240. The highest BCUT2D eigenvalue weighted by Crippen LogP contribution is 2.24. The van der Waals surface area contributed by atoms with Gasteiger partial charge in [0.05, 0.1) is 0 Å². The van der Waals surface area contributed by atoms with Gasteiger partial charge in [-0.3, -0.25) is 9.69 Å². The van der Waals surface area contributed by atoms with Crippen LogP contribution in [0.25, 0.3) is 0 Å². The summed E-state index contributed by atoms with van der Waals surface area (Å²) in [5.74, 6) is 0.841. The Bertz CT molecular complexity index is 325. The quantitative estimate of drug-likeness (QED) is 0.286. The average Bonchev–Trinajstić information content (AvgIpc) is 2.90. The molecule has 0 aromatic carbocycles. The Morgan fingerprint density at radius 3 is 2.95 bits per heavy atom. The molecular weight excluding hydrogens is 377 g/mol. The van der Waals surface area contributed by atoms with Gasteiger partial charge in [0.25, 0.3) is 0 Å². The third-order valence-corrected chi connectivity index (χ3v) is 4.67. The zero-order valence-electron chi connectivity index (χ0n) is 11.0. The van der Waals surface area contributed by atoms with Crippen LogP contribution < -0.4 is 0 Å². The highest BCUT2D eigenvalue weighted by molar-refractivity contribution is 14.1. The number of unbranched alkanes of at least 4 members (excludes halogenated alkanes) is 1. The molecular formula is C13H20INO3S. The topological polar surface area (TPSA) is 46.6 Å². The maximum absolute atomic E-state index is 12.1. The van der Waals surface area contributed by atoms with E-state index in [0.717, 1.165) is 35.9 Å². The zero-order valence-corrected chi connectivity index (χ0v) is 14.0. The summed E-state index contributed by atoms with van der Waals surface area (Å²) in [7, 11) is 0. The van der Waals surface area contributed by atoms with E-state index in [1.165, 1.54) is 17.8 Å². The lowest BCUT2D eigenvalue weighted by molar-refractivity contribution is -0.114. The Morgan fingerprint density at radius 2 is 2.26 bits per heavy atom. The van der Waals surface area contributed by atoms with Gasteiger partial charge in [-0.05, 0) is 30.1 Å². The van der Waals surface area contributed by atoms with Crippen LogP contribution in [0.5, 0.6) is 0 Å². The molecule has 0 saturated carbocycles. The van der Waals surface area contributed by atoms with Gasteiger partial charge in [0.1, 0.15) is 12.6 Å². The summed E-state index contributed by atoms with van der Waals surface area (Å²) in [5.41, 5.74) is 0. The van der Waals surface area contributed by atoms with Gasteiger partial charge in [-0.1, -0.05) is 47.0 Å². The number of hydrogen-bond acceptors (Lipinski definition) is 4. The number of halogens is 1. The second-order valence-electron chi connectivity index (χ2n) is 4.28. The Kier molecular flexibility index (Phi) is 8.52. The molecule has 0 bridgehead atoms. The molecule has 1 unspecified atom stereocenters. The molecule has 1 fully saturated rings. The molecule has 0 N–H and O–H groups in total. The predicted octanol–water partition coefficient (Wildman–Crippen LogP) is 3.25. The minimum absolute atomic E-state index is 0.0986. The number of carbonyl (C=O) groups is 2. The standard InChI is InChI=1S/C13H20INO3S/c1-2-9-18-13(17)15-8-5-6-11(15)12(16)19-10-4-3-7-14/h2,11H,1,3-10H2. The van der Waals surface area contributed by atoms with Gasteiger partial charge in [-0.15, -0.1) is 0 Å². The van der Waals surface area contributed by atoms with E-state index in [1.807, 2.05) is 0 Å². The number of alkyl halides is 1. The van der Waals surface area contributed by atoms with Crippen molar-refractivity contribution in [2.45, 2.75) is 31.7 Å². The first-order chi connectivity index (χ1) is 9.20. The zero-order chi connectivity index (χ0) is 14.1. The van der Waals surface area contributed by atoms with E-state index in [1.54, 1.807) is 4.90 Å². The van der Waals surface area contributed by atoms with Crippen molar-refractivity contribution in [1.82, 2.24) is 4.90 Å². The first-order valence-electron chi connectivity index (χ1n) is 6.47. The summed E-state index contributed by atoms with van der Waals surface area (Å²) in [6.07, 6.45) is 4.94. The minimum atomic E-state index is -0.399. The lowest BCUT2D eigenvalue weighted by atomic mass is 10.2. The van der Waals surface area contributed by atoms with E-state index >= 15 is 0 Å². The van der Waals surface area contributed by atoms with Crippen LogP contribution >= 0.6 is 34.4 Å². The van der Waals surface area contributed by atoms with Crippen molar-refractivity contribution in [3.05, 3.63) is 12.7 Å². The van der Waals surface area contributed by atoms with E-state index < -0.39 is 6.09 Å². The summed E-state index contributed by atoms with van der Waals surface area (Å²) in [6, 6.07) is -0.304. The average molecular weight is 397 g/mol. The number of thioether (sulfide) groups is 1. The van der Waals surface area contributed by atoms with Gasteiger partial charge in [0.2, 0.25) is 5.12 Å². The minimum Gasteiger partial charge on any atom is -0.445 e. The molecule has 0 spiro atoms. The SMILES string of the molecule is C=CCOC(=O)N1CCCC1C(=O)SCCCCI. The van der Waals surface area contributed by atoms with E-state index in [4.69, 9.17) is 4.74 Å². The van der Waals surface area contributed by atoms with Crippen LogP contribution in [0.3, 0.4) is 0 Å². The predicted molar refractivity (Wildman–Crippen MR) is 86.9 cm³/mol. The van der Waals surface area contributed by atoms with E-state index in [0.29, 0.717) is 6.54 Å². The number of hydrogen-bond donors (Lipinski definition) is 0. The van der Waals surface area contributed by atoms with Gasteiger partial charge >= 0.3 is 6.09 Å². The lowest BCUT2D eigenvalue weighted by Gasteiger charge is -2.22. The fourth-order valence-corrected chi connectivity index (χ4v) is 3.44. The third kappa shape index (κ3) is 5.72. The normalized spacial score (nSPS) is 18.4. The van der Waals surface area contributed by atoms with Gasteiger partial charge in [0.15, 0.2) is 0 Å². The number of likely N-dealkylation sites (tertiary alicyclic amines) is 1. The molecule has 6 heteroatoms. The van der Waals surface area contributed by atoms with E-state index in [9.17, 15) is 9.59 Å². The second kappa shape index (κ2) is 9.63. The monoisotopic (exact) mass is 397 g/mol. The molecule has 4 nitrogen and oxygen atoms in total. The summed E-state index contributed by atoms with van der Waals surface area (Å²) in [6.45, 7) is 4.31. The molecule has 0 aliphatic carbocycles. The number of carbonyl (C=O) groups excluding carboxylic acids is 2. The third-order valence-electron chi connectivity index (χ3n) is 2.86. The molecule has 0 aromatic rings. The smallest absolute Gasteiger partial charge is 0.410 e. The van der Waals surface area contributed by atoms with Crippen molar-refractivity contribution in [2.24, 2.45) is 0 Å². The van der Waals surface area contributed by atoms with E-state index in [-0.39, 0.29) is 17.8 Å². The fourth-order valence-electron chi connectivity index (χ4n) is 1.91. The van der Waals surface area contributed by atoms with Crippen LogP contribution in [0.2, 0.25) is 0 Å². The van der Waals surface area contributed by atoms with Gasteiger partial charge in [0, 0.05) is 12.3 Å². The van der Waals surface area contributed by atoms with Crippen molar-refractivity contribution in [2.75, 3.05) is 23.3 Å². The molecule has 19 heavy (non-hydrogen) atoms. The molecule has 1 aliphatic rings. The van der Waals surface area contributed by atoms with Crippen LogP contribution in [0.15, 0.2) is 12.7 Å². The molecule has 1 heterocycles. The molecule has 0 radical (unpaired) electrons. The highest BCUT2D eigenvalue weighted by atomic mass is 127. The first kappa shape index (κ1) is 16.8. The summed E-state index contributed by atoms with van der Waals surface area (Å²) in [4.78, 5) is 25.4.